The molecule has 112 valence electrons. The lowest BCUT2D eigenvalue weighted by Crippen LogP contribution is -2.23. The van der Waals surface area contributed by atoms with Crippen LogP contribution in [0.3, 0.4) is 0 Å². The smallest absolute Gasteiger partial charge is 0.223 e. The van der Waals surface area contributed by atoms with Crippen molar-refractivity contribution in [2.75, 3.05) is 36.1 Å². The molecule has 1 saturated heterocycles. The Hall–Kier alpha value is -1.56. The first-order chi connectivity index (χ1) is 9.72. The standard InChI is InChI=1S/C14H25N5O/c1-3-6-16-12-8-13(19-14(15)18-12)17-9-10-5-7-20-11(10)4-2/h8,10-11H,3-7,9H2,1-2H3,(H4,15,16,17,18,19). The van der Waals surface area contributed by atoms with Gasteiger partial charge in [-0.3, -0.25) is 0 Å². The molecule has 2 atom stereocenters. The van der Waals surface area contributed by atoms with Gasteiger partial charge in [-0.2, -0.15) is 9.97 Å². The van der Waals surface area contributed by atoms with E-state index in [1.807, 2.05) is 6.07 Å². The summed E-state index contributed by atoms with van der Waals surface area (Å²) >= 11 is 0. The van der Waals surface area contributed by atoms with E-state index in [0.29, 0.717) is 18.0 Å². The van der Waals surface area contributed by atoms with E-state index in [-0.39, 0.29) is 0 Å². The number of hydrogen-bond donors (Lipinski definition) is 3. The summed E-state index contributed by atoms with van der Waals surface area (Å²) in [5.41, 5.74) is 5.74. The number of nitrogens with one attached hydrogen (secondary N) is 2. The number of ether oxygens (including phenoxy) is 1. The number of rotatable bonds is 7. The summed E-state index contributed by atoms with van der Waals surface area (Å²) in [5, 5.41) is 6.59. The van der Waals surface area contributed by atoms with E-state index in [0.717, 1.165) is 50.6 Å². The molecule has 6 nitrogen and oxygen atoms in total. The third-order valence-electron chi connectivity index (χ3n) is 3.59. The molecule has 0 aromatic carbocycles. The number of aromatic nitrogens is 2. The zero-order valence-electron chi connectivity index (χ0n) is 12.4. The Kier molecular flexibility index (Phi) is 5.40. The van der Waals surface area contributed by atoms with Gasteiger partial charge in [-0.05, 0) is 19.3 Å². The maximum Gasteiger partial charge on any atom is 0.223 e. The van der Waals surface area contributed by atoms with Gasteiger partial charge in [0.1, 0.15) is 11.6 Å². The number of nitrogens with zero attached hydrogens (tertiary/aromatic N) is 2. The minimum Gasteiger partial charge on any atom is -0.378 e. The minimum absolute atomic E-state index is 0.295. The number of hydrogen-bond acceptors (Lipinski definition) is 6. The Labute approximate surface area is 120 Å². The average Bonchev–Trinajstić information content (AvgIpc) is 2.90. The molecule has 0 saturated carbocycles. The van der Waals surface area contributed by atoms with Crippen molar-refractivity contribution >= 4 is 17.6 Å². The van der Waals surface area contributed by atoms with Crippen LogP contribution in [0.1, 0.15) is 33.1 Å². The first-order valence-corrected chi connectivity index (χ1v) is 7.46. The molecule has 4 N–H and O–H groups in total. The van der Waals surface area contributed by atoms with Gasteiger partial charge < -0.3 is 21.1 Å². The Bertz CT molecular complexity index is 426. The van der Waals surface area contributed by atoms with Crippen LogP contribution in [0.4, 0.5) is 17.6 Å². The van der Waals surface area contributed by atoms with Crippen molar-refractivity contribution in [1.29, 1.82) is 0 Å². The van der Waals surface area contributed by atoms with Crippen LogP contribution in [0.2, 0.25) is 0 Å². The van der Waals surface area contributed by atoms with Crippen molar-refractivity contribution in [2.24, 2.45) is 5.92 Å². The van der Waals surface area contributed by atoms with Crippen LogP contribution < -0.4 is 16.4 Å². The second-order valence-corrected chi connectivity index (χ2v) is 5.17. The van der Waals surface area contributed by atoms with Gasteiger partial charge in [0.15, 0.2) is 0 Å². The Morgan fingerprint density at radius 1 is 1.30 bits per heavy atom. The van der Waals surface area contributed by atoms with Crippen LogP contribution in [-0.2, 0) is 4.74 Å². The summed E-state index contributed by atoms with van der Waals surface area (Å²) in [6.45, 7) is 6.88. The van der Waals surface area contributed by atoms with Crippen LogP contribution in [0.15, 0.2) is 6.07 Å². The van der Waals surface area contributed by atoms with E-state index in [2.05, 4.69) is 34.4 Å². The highest BCUT2D eigenvalue weighted by Gasteiger charge is 2.26. The normalized spacial score (nSPS) is 21.9. The zero-order valence-corrected chi connectivity index (χ0v) is 12.4. The van der Waals surface area contributed by atoms with Crippen LogP contribution in [0, 0.1) is 5.92 Å². The van der Waals surface area contributed by atoms with Gasteiger partial charge in [-0.15, -0.1) is 0 Å². The zero-order chi connectivity index (χ0) is 14.4. The van der Waals surface area contributed by atoms with Gasteiger partial charge in [-0.1, -0.05) is 13.8 Å². The van der Waals surface area contributed by atoms with E-state index in [4.69, 9.17) is 10.5 Å². The lowest BCUT2D eigenvalue weighted by Gasteiger charge is -2.18. The first kappa shape index (κ1) is 14.8. The Morgan fingerprint density at radius 3 is 2.75 bits per heavy atom. The predicted molar refractivity (Wildman–Crippen MR) is 81.9 cm³/mol. The van der Waals surface area contributed by atoms with Crippen molar-refractivity contribution < 1.29 is 4.74 Å². The third-order valence-corrected chi connectivity index (χ3v) is 3.59. The first-order valence-electron chi connectivity index (χ1n) is 7.46. The summed E-state index contributed by atoms with van der Waals surface area (Å²) in [5.74, 6) is 2.39. The fourth-order valence-corrected chi connectivity index (χ4v) is 2.51. The van der Waals surface area contributed by atoms with Gasteiger partial charge in [0.2, 0.25) is 5.95 Å². The number of nitrogen functional groups attached to an aromatic ring is 1. The molecule has 2 unspecified atom stereocenters. The SMILES string of the molecule is CCCNc1cc(NCC2CCOC2CC)nc(N)n1. The lowest BCUT2D eigenvalue weighted by atomic mass is 10.00. The molecule has 1 aliphatic heterocycles. The molecular weight excluding hydrogens is 254 g/mol. The van der Waals surface area contributed by atoms with E-state index in [9.17, 15) is 0 Å². The van der Waals surface area contributed by atoms with Gasteiger partial charge in [0.05, 0.1) is 6.10 Å². The van der Waals surface area contributed by atoms with Crippen molar-refractivity contribution in [2.45, 2.75) is 39.2 Å². The molecule has 0 amide bonds. The van der Waals surface area contributed by atoms with Crippen LogP contribution >= 0.6 is 0 Å². The van der Waals surface area contributed by atoms with Crippen LogP contribution in [0.25, 0.3) is 0 Å². The van der Waals surface area contributed by atoms with Crippen molar-refractivity contribution in [3.05, 3.63) is 6.07 Å². The molecule has 20 heavy (non-hydrogen) atoms. The third kappa shape index (κ3) is 3.96. The summed E-state index contributed by atoms with van der Waals surface area (Å²) in [6.07, 6.45) is 3.57. The molecule has 0 bridgehead atoms. The topological polar surface area (TPSA) is 85.1 Å². The quantitative estimate of drug-likeness (QED) is 0.709. The molecule has 2 heterocycles. The average molecular weight is 279 g/mol. The molecule has 0 spiro atoms. The van der Waals surface area contributed by atoms with Crippen LogP contribution in [-0.4, -0.2) is 35.8 Å². The van der Waals surface area contributed by atoms with Gasteiger partial charge >= 0.3 is 0 Å². The van der Waals surface area contributed by atoms with Crippen molar-refractivity contribution in [1.82, 2.24) is 9.97 Å². The Morgan fingerprint density at radius 2 is 2.05 bits per heavy atom. The van der Waals surface area contributed by atoms with Crippen molar-refractivity contribution in [3.8, 4) is 0 Å². The van der Waals surface area contributed by atoms with E-state index >= 15 is 0 Å². The number of nitrogens with two attached hydrogens (primary N) is 1. The molecule has 0 radical (unpaired) electrons. The fourth-order valence-electron chi connectivity index (χ4n) is 2.51. The highest BCUT2D eigenvalue weighted by Crippen LogP contribution is 2.24. The molecule has 6 heteroatoms. The highest BCUT2D eigenvalue weighted by molar-refractivity contribution is 5.51. The van der Waals surface area contributed by atoms with Gasteiger partial charge in [0, 0.05) is 31.7 Å². The van der Waals surface area contributed by atoms with Gasteiger partial charge in [-0.25, -0.2) is 0 Å². The molecule has 1 aromatic heterocycles. The largest absolute Gasteiger partial charge is 0.378 e. The number of anilines is 3. The second kappa shape index (κ2) is 7.28. The molecular formula is C14H25N5O. The monoisotopic (exact) mass is 279 g/mol. The minimum atomic E-state index is 0.295. The van der Waals surface area contributed by atoms with E-state index in [1.54, 1.807) is 0 Å². The van der Waals surface area contributed by atoms with Crippen LogP contribution in [0.5, 0.6) is 0 Å². The molecule has 1 aliphatic rings. The maximum absolute atomic E-state index is 5.74. The van der Waals surface area contributed by atoms with E-state index < -0.39 is 0 Å². The molecule has 0 aliphatic carbocycles. The summed E-state index contributed by atoms with van der Waals surface area (Å²) in [4.78, 5) is 8.40. The second-order valence-electron chi connectivity index (χ2n) is 5.17. The van der Waals surface area contributed by atoms with E-state index in [1.165, 1.54) is 0 Å². The fraction of sp³-hybridized carbons (Fsp3) is 0.714. The maximum atomic E-state index is 5.74. The highest BCUT2D eigenvalue weighted by atomic mass is 16.5. The predicted octanol–water partition coefficient (Wildman–Crippen LogP) is 2.11. The van der Waals surface area contributed by atoms with Crippen molar-refractivity contribution in [3.63, 3.8) is 0 Å². The molecule has 2 rings (SSSR count). The van der Waals surface area contributed by atoms with Gasteiger partial charge in [0.25, 0.3) is 0 Å². The lowest BCUT2D eigenvalue weighted by molar-refractivity contribution is 0.0900. The summed E-state index contributed by atoms with van der Waals surface area (Å²) < 4.78 is 5.69. The molecule has 1 fully saturated rings. The summed E-state index contributed by atoms with van der Waals surface area (Å²) in [6, 6.07) is 1.91. The Balaban J connectivity index is 1.93. The summed E-state index contributed by atoms with van der Waals surface area (Å²) in [7, 11) is 0. The molecule has 1 aromatic rings.